The number of sulfone groups is 1. The lowest BCUT2D eigenvalue weighted by molar-refractivity contribution is -0.144. The highest BCUT2D eigenvalue weighted by Gasteiger charge is 2.45. The molecule has 0 saturated carbocycles. The molecule has 1 aliphatic heterocycles. The van der Waals surface area contributed by atoms with Gasteiger partial charge in [0, 0.05) is 18.2 Å². The first-order chi connectivity index (χ1) is 23.4. The number of nitrogens with one attached hydrogen (secondary N) is 1. The molecule has 19 heteroatoms. The topological polar surface area (TPSA) is 162 Å². The van der Waals surface area contributed by atoms with Gasteiger partial charge in [-0.1, -0.05) is 12.1 Å². The van der Waals surface area contributed by atoms with Crippen LogP contribution in [-0.4, -0.2) is 63.3 Å². The van der Waals surface area contributed by atoms with E-state index in [-0.39, 0.29) is 34.9 Å². The maximum Gasteiger partial charge on any atom is 0.453 e. The molecule has 2 atom stereocenters. The molecule has 1 N–H and O–H groups in total. The summed E-state index contributed by atoms with van der Waals surface area (Å²) in [7, 11) is -3.77. The van der Waals surface area contributed by atoms with Crippen molar-refractivity contribution in [1.82, 2.24) is 30.3 Å². The summed E-state index contributed by atoms with van der Waals surface area (Å²) >= 11 is 0. The Morgan fingerprint density at radius 2 is 1.75 bits per heavy atom. The van der Waals surface area contributed by atoms with E-state index in [2.05, 4.69) is 25.6 Å². The van der Waals surface area contributed by atoms with Crippen LogP contribution in [0.4, 0.5) is 32.4 Å². The van der Waals surface area contributed by atoms with Crippen LogP contribution < -0.4 is 10.2 Å². The summed E-state index contributed by atoms with van der Waals surface area (Å²) in [6.45, 7) is 8.26. The number of hydrogen-bond acceptors (Lipinski definition) is 10. The highest BCUT2D eigenvalue weighted by Crippen LogP contribution is 2.44. The summed E-state index contributed by atoms with van der Waals surface area (Å²) in [5, 5.41) is 13.5. The summed E-state index contributed by atoms with van der Waals surface area (Å²) in [5.41, 5.74) is -3.53. The molecule has 1 aliphatic rings. The van der Waals surface area contributed by atoms with E-state index < -0.39 is 74.0 Å². The van der Waals surface area contributed by atoms with Gasteiger partial charge in [-0.2, -0.15) is 13.2 Å². The van der Waals surface area contributed by atoms with Crippen molar-refractivity contribution in [2.24, 2.45) is 0 Å². The van der Waals surface area contributed by atoms with Crippen molar-refractivity contribution in [3.63, 3.8) is 0 Å². The summed E-state index contributed by atoms with van der Waals surface area (Å²) in [4.78, 5) is 31.4. The van der Waals surface area contributed by atoms with Gasteiger partial charge in [0.2, 0.25) is 11.8 Å². The number of amides is 2. The van der Waals surface area contributed by atoms with Gasteiger partial charge in [-0.3, -0.25) is 4.79 Å². The highest BCUT2D eigenvalue weighted by atomic mass is 32.2. The molecule has 3 heterocycles. The molecule has 0 bridgehead atoms. The molecule has 0 aliphatic carbocycles. The third-order valence-electron chi connectivity index (χ3n) is 8.16. The lowest BCUT2D eigenvalue weighted by Crippen LogP contribution is -2.50. The lowest BCUT2D eigenvalue weighted by Gasteiger charge is -2.27. The van der Waals surface area contributed by atoms with Crippen molar-refractivity contribution in [3.05, 3.63) is 71.4 Å². The molecule has 1 unspecified atom stereocenters. The molecule has 2 aromatic carbocycles. The summed E-state index contributed by atoms with van der Waals surface area (Å²) in [5.74, 6) is -3.95. The summed E-state index contributed by atoms with van der Waals surface area (Å²) in [6.07, 6.45) is -4.53. The Kier molecular flexibility index (Phi) is 9.28. The van der Waals surface area contributed by atoms with Crippen molar-refractivity contribution in [1.29, 1.82) is 0 Å². The van der Waals surface area contributed by atoms with Crippen molar-refractivity contribution in [3.8, 4) is 17.1 Å². The second-order valence-corrected chi connectivity index (χ2v) is 16.3. The molecule has 0 radical (unpaired) electrons. The van der Waals surface area contributed by atoms with Crippen LogP contribution in [0.2, 0.25) is 0 Å². The third-order valence-corrected chi connectivity index (χ3v) is 10.2. The quantitative estimate of drug-likeness (QED) is 0.230. The molecule has 4 aromatic rings. The van der Waals surface area contributed by atoms with Gasteiger partial charge in [-0.25, -0.2) is 31.7 Å². The molecule has 51 heavy (non-hydrogen) atoms. The molecular formula is C32H34F5N7O6S. The van der Waals surface area contributed by atoms with Crippen molar-refractivity contribution < 1.29 is 49.1 Å². The minimum absolute atomic E-state index is 0.132. The smallest absolute Gasteiger partial charge is 0.444 e. The van der Waals surface area contributed by atoms with Gasteiger partial charge >= 0.3 is 12.3 Å². The van der Waals surface area contributed by atoms with Gasteiger partial charge in [-0.15, -0.1) is 15.3 Å². The van der Waals surface area contributed by atoms with E-state index >= 15 is 8.78 Å². The predicted octanol–water partition coefficient (Wildman–Crippen LogP) is 5.77. The fourth-order valence-corrected chi connectivity index (χ4v) is 5.57. The number of carbonyl (C=O) groups excluding carboxylic acids is 2. The van der Waals surface area contributed by atoms with E-state index in [0.717, 1.165) is 41.2 Å². The Balaban J connectivity index is 1.59. The van der Waals surface area contributed by atoms with E-state index in [1.54, 1.807) is 20.8 Å². The standard InChI is InChI=1S/C32H34F5N7O6S/c1-29(2,3)50-28(46)39-22-14-31(6,34)20-13-21(33)19(24-40-41-27(49-24)30(4,5)51(7,47)48)12-23(20)43(25(22)45)15-17-8-10-18(11-9-17)44-16-38-26(42-44)32(35,36)37/h8-13,16,22H,14-15H2,1-7H3,(H,39,46)/t22-,31?/m1/s1. The molecule has 274 valence electrons. The number of fused-ring (bicyclic) bond motifs is 1. The molecule has 2 aromatic heterocycles. The second-order valence-electron chi connectivity index (χ2n) is 13.7. The van der Waals surface area contributed by atoms with E-state index in [1.165, 1.54) is 38.1 Å². The maximum absolute atomic E-state index is 16.6. The number of anilines is 1. The monoisotopic (exact) mass is 739 g/mol. The molecule has 0 spiro atoms. The number of halogens is 5. The Morgan fingerprint density at radius 1 is 1.10 bits per heavy atom. The highest BCUT2D eigenvalue weighted by molar-refractivity contribution is 7.91. The van der Waals surface area contributed by atoms with Crippen LogP contribution >= 0.6 is 0 Å². The molecular weight excluding hydrogens is 705 g/mol. The van der Waals surface area contributed by atoms with E-state index in [0.29, 0.717) is 5.56 Å². The van der Waals surface area contributed by atoms with Gasteiger partial charge < -0.3 is 19.4 Å². The van der Waals surface area contributed by atoms with Crippen LogP contribution in [0.3, 0.4) is 0 Å². The van der Waals surface area contributed by atoms with Gasteiger partial charge in [0.25, 0.3) is 11.7 Å². The Bertz CT molecular complexity index is 2090. The number of benzene rings is 2. The van der Waals surface area contributed by atoms with Crippen LogP contribution in [-0.2, 0) is 42.5 Å². The number of alkyl halides is 4. The number of ether oxygens (including phenoxy) is 1. The largest absolute Gasteiger partial charge is 0.453 e. The van der Waals surface area contributed by atoms with E-state index in [4.69, 9.17) is 9.15 Å². The van der Waals surface area contributed by atoms with Crippen LogP contribution in [0.25, 0.3) is 17.1 Å². The number of rotatable bonds is 7. The molecule has 0 saturated heterocycles. The van der Waals surface area contributed by atoms with Crippen LogP contribution in [0, 0.1) is 5.82 Å². The lowest BCUT2D eigenvalue weighted by atomic mass is 9.90. The first-order valence-corrected chi connectivity index (χ1v) is 17.2. The van der Waals surface area contributed by atoms with Gasteiger partial charge in [0.1, 0.15) is 34.2 Å². The zero-order valence-electron chi connectivity index (χ0n) is 28.5. The number of hydrogen-bond donors (Lipinski definition) is 1. The number of alkyl carbamates (subject to hydrolysis) is 1. The maximum atomic E-state index is 16.6. The minimum atomic E-state index is -4.76. The van der Waals surface area contributed by atoms with E-state index in [1.807, 2.05) is 0 Å². The van der Waals surface area contributed by atoms with Crippen molar-refractivity contribution in [2.45, 2.75) is 82.7 Å². The van der Waals surface area contributed by atoms with Crippen LogP contribution in [0.15, 0.2) is 47.1 Å². The molecule has 13 nitrogen and oxygen atoms in total. The Hall–Kier alpha value is -4.94. The van der Waals surface area contributed by atoms with E-state index in [9.17, 15) is 31.2 Å². The number of nitrogens with zero attached hydrogens (tertiary/aromatic N) is 6. The van der Waals surface area contributed by atoms with Crippen LogP contribution in [0.1, 0.15) is 70.8 Å². The normalized spacial score (nSPS) is 18.7. The van der Waals surface area contributed by atoms with Crippen LogP contribution in [0.5, 0.6) is 0 Å². The summed E-state index contributed by atoms with van der Waals surface area (Å²) < 4.78 is 106. The third kappa shape index (κ3) is 7.72. The van der Waals surface area contributed by atoms with Crippen molar-refractivity contribution in [2.75, 3.05) is 11.2 Å². The number of aromatic nitrogens is 5. The average Bonchev–Trinajstić information content (AvgIpc) is 3.68. The second kappa shape index (κ2) is 12.7. The molecule has 0 fully saturated rings. The van der Waals surface area contributed by atoms with Gasteiger partial charge in [0.15, 0.2) is 9.84 Å². The summed E-state index contributed by atoms with van der Waals surface area (Å²) in [6, 6.07) is 6.27. The fourth-order valence-electron chi connectivity index (χ4n) is 5.17. The van der Waals surface area contributed by atoms with Gasteiger partial charge in [0.05, 0.1) is 23.5 Å². The number of carbonyl (C=O) groups is 2. The first kappa shape index (κ1) is 37.3. The Labute approximate surface area is 289 Å². The zero-order valence-corrected chi connectivity index (χ0v) is 29.3. The minimum Gasteiger partial charge on any atom is -0.444 e. The average molecular weight is 740 g/mol. The van der Waals surface area contributed by atoms with Gasteiger partial charge in [-0.05, 0) is 71.4 Å². The van der Waals surface area contributed by atoms with Crippen molar-refractivity contribution >= 4 is 27.5 Å². The molecule has 2 amide bonds. The Morgan fingerprint density at radius 3 is 2.31 bits per heavy atom. The zero-order chi connectivity index (χ0) is 37.9. The SMILES string of the molecule is CC(C)(C)OC(=O)N[C@@H]1CC(C)(F)c2cc(F)c(-c3nnc(C(C)(C)S(C)(=O)=O)o3)cc2N(Cc2ccc(-n3cnc(C(F)(F)F)n3)cc2)C1=O. The first-order valence-electron chi connectivity index (χ1n) is 15.3. The fraction of sp³-hybridized carbons (Fsp3) is 0.438. The molecule has 5 rings (SSSR count). The predicted molar refractivity (Wildman–Crippen MR) is 171 cm³/mol.